The number of fused-ring (bicyclic) bond motifs is 2. The Morgan fingerprint density at radius 1 is 1.07 bits per heavy atom. The molecular formula is C33H44N2O8. The summed E-state index contributed by atoms with van der Waals surface area (Å²) in [6.45, 7) is 8.52. The molecule has 2 aliphatic rings. The van der Waals surface area contributed by atoms with Gasteiger partial charge >= 0.3 is 5.97 Å². The van der Waals surface area contributed by atoms with Crippen LogP contribution in [0.15, 0.2) is 71.5 Å². The third-order valence-corrected chi connectivity index (χ3v) is 7.20. The van der Waals surface area contributed by atoms with Crippen molar-refractivity contribution in [2.75, 3.05) is 7.11 Å². The number of methoxy groups -OCH3 is 1. The van der Waals surface area contributed by atoms with Gasteiger partial charge in [0.05, 0.1) is 24.3 Å². The molecule has 1 heterocycles. The van der Waals surface area contributed by atoms with Crippen LogP contribution < -0.4 is 10.6 Å². The molecule has 10 nitrogen and oxygen atoms in total. The summed E-state index contributed by atoms with van der Waals surface area (Å²) >= 11 is 0. The number of ether oxygens (including phenoxy) is 2. The molecule has 2 amide bonds. The van der Waals surface area contributed by atoms with Gasteiger partial charge in [-0.3, -0.25) is 19.2 Å². The maximum absolute atomic E-state index is 13.0. The number of aliphatic hydroxyl groups is 1. The average molecular weight is 597 g/mol. The first kappa shape index (κ1) is 35.3. The Kier molecular flexibility index (Phi) is 14.2. The molecule has 0 aromatic heterocycles. The Labute approximate surface area is 253 Å². The number of amides is 2. The largest absolute Gasteiger partial charge is 0.460 e. The van der Waals surface area contributed by atoms with Crippen molar-refractivity contribution in [3.63, 3.8) is 0 Å². The van der Waals surface area contributed by atoms with E-state index in [2.05, 4.69) is 10.6 Å². The van der Waals surface area contributed by atoms with Crippen LogP contribution in [0.25, 0.3) is 0 Å². The van der Waals surface area contributed by atoms with Crippen molar-refractivity contribution >= 4 is 29.4 Å². The van der Waals surface area contributed by atoms with Crippen LogP contribution >= 0.6 is 0 Å². The van der Waals surface area contributed by atoms with E-state index in [0.29, 0.717) is 18.4 Å². The van der Waals surface area contributed by atoms with E-state index in [9.17, 15) is 29.1 Å². The second kappa shape index (κ2) is 17.3. The van der Waals surface area contributed by atoms with Gasteiger partial charge in [0, 0.05) is 37.0 Å². The molecule has 2 bridgehead atoms. The highest BCUT2D eigenvalue weighted by atomic mass is 16.5. The van der Waals surface area contributed by atoms with Crippen LogP contribution in [0.1, 0.15) is 60.3 Å². The molecule has 1 aliphatic heterocycles. The van der Waals surface area contributed by atoms with E-state index in [1.807, 2.05) is 6.08 Å². The number of hydrogen-bond donors (Lipinski definition) is 3. The van der Waals surface area contributed by atoms with Crippen LogP contribution in [-0.4, -0.2) is 65.9 Å². The molecule has 1 aliphatic carbocycles. The van der Waals surface area contributed by atoms with Gasteiger partial charge in [0.15, 0.2) is 5.78 Å². The van der Waals surface area contributed by atoms with E-state index >= 15 is 0 Å². The maximum Gasteiger partial charge on any atom is 0.328 e. The van der Waals surface area contributed by atoms with E-state index in [1.54, 1.807) is 71.1 Å². The van der Waals surface area contributed by atoms with E-state index < -0.39 is 53.7 Å². The molecule has 0 aromatic carbocycles. The Balaban J connectivity index is 2.33. The molecule has 0 saturated carbocycles. The van der Waals surface area contributed by atoms with Crippen LogP contribution in [0.4, 0.5) is 0 Å². The molecule has 0 saturated heterocycles. The Morgan fingerprint density at radius 2 is 1.77 bits per heavy atom. The number of allylic oxidation sites excluding steroid dienone is 8. The van der Waals surface area contributed by atoms with Crippen LogP contribution in [-0.2, 0) is 33.4 Å². The van der Waals surface area contributed by atoms with Gasteiger partial charge in [-0.25, -0.2) is 4.79 Å². The number of esters is 1. The quantitative estimate of drug-likeness (QED) is 0.249. The molecule has 234 valence electrons. The molecule has 0 aromatic rings. The van der Waals surface area contributed by atoms with Gasteiger partial charge in [-0.2, -0.15) is 0 Å². The van der Waals surface area contributed by atoms with E-state index in [0.717, 1.165) is 6.08 Å². The summed E-state index contributed by atoms with van der Waals surface area (Å²) in [6.07, 6.45) is 13.2. The Bertz CT molecular complexity index is 1240. The number of ketones is 2. The summed E-state index contributed by atoms with van der Waals surface area (Å²) in [4.78, 5) is 62.8. The highest BCUT2D eigenvalue weighted by Crippen LogP contribution is 2.24. The van der Waals surface area contributed by atoms with Crippen molar-refractivity contribution in [1.82, 2.24) is 10.6 Å². The molecule has 3 N–H and O–H groups in total. The zero-order valence-electron chi connectivity index (χ0n) is 25.8. The van der Waals surface area contributed by atoms with Crippen molar-refractivity contribution in [3.8, 4) is 0 Å². The van der Waals surface area contributed by atoms with Crippen LogP contribution in [0.2, 0.25) is 0 Å². The summed E-state index contributed by atoms with van der Waals surface area (Å²) in [7, 11) is 1.46. The number of hydrogen-bond acceptors (Lipinski definition) is 8. The summed E-state index contributed by atoms with van der Waals surface area (Å²) < 4.78 is 11.1. The van der Waals surface area contributed by atoms with Gasteiger partial charge in [-0.05, 0) is 38.3 Å². The number of rotatable bonds is 5. The third kappa shape index (κ3) is 11.4. The zero-order chi connectivity index (χ0) is 32.1. The second-order valence-corrected chi connectivity index (χ2v) is 11.1. The lowest BCUT2D eigenvalue weighted by Gasteiger charge is -2.29. The highest BCUT2D eigenvalue weighted by molar-refractivity contribution is 6.21. The highest BCUT2D eigenvalue weighted by Gasteiger charge is 2.30. The first-order chi connectivity index (χ1) is 20.3. The molecule has 0 radical (unpaired) electrons. The van der Waals surface area contributed by atoms with Crippen molar-refractivity contribution in [3.05, 3.63) is 71.5 Å². The molecule has 10 heteroatoms. The second-order valence-electron chi connectivity index (χ2n) is 11.1. The van der Waals surface area contributed by atoms with Crippen LogP contribution in [0, 0.1) is 11.8 Å². The molecule has 2 rings (SSSR count). The van der Waals surface area contributed by atoms with Crippen molar-refractivity contribution in [2.24, 2.45) is 11.8 Å². The number of aliphatic hydroxyl groups excluding tert-OH is 1. The monoisotopic (exact) mass is 596 g/mol. The van der Waals surface area contributed by atoms with Crippen molar-refractivity contribution < 1.29 is 38.6 Å². The minimum atomic E-state index is -0.974. The lowest BCUT2D eigenvalue weighted by molar-refractivity contribution is -0.156. The number of Topliss-reactive ketones (excluding diaryl/α,β-unsaturated/α-hetero) is 1. The molecule has 43 heavy (non-hydrogen) atoms. The van der Waals surface area contributed by atoms with Gasteiger partial charge in [-0.15, -0.1) is 0 Å². The molecule has 5 atom stereocenters. The smallest absolute Gasteiger partial charge is 0.328 e. The SMILES string of the molecule is COC1C=CC=CC=CCC(OC(=O)C(C)NC(=O)C(C)C)C(C)C(O)C(C)=CCCC2=CC(=O)C=C(NC(=O)C1)C2=O. The topological polar surface area (TPSA) is 148 Å². The molecule has 5 unspecified atom stereocenters. The summed E-state index contributed by atoms with van der Waals surface area (Å²) in [5.74, 6) is -3.00. The lowest BCUT2D eigenvalue weighted by Crippen LogP contribution is -2.44. The Morgan fingerprint density at radius 3 is 2.44 bits per heavy atom. The number of carbonyl (C=O) groups is 5. The fraction of sp³-hybridized carbons (Fsp3) is 0.485. The fourth-order valence-corrected chi connectivity index (χ4v) is 4.41. The third-order valence-electron chi connectivity index (χ3n) is 7.20. The molecule has 0 fully saturated rings. The van der Waals surface area contributed by atoms with Crippen LogP contribution in [0.5, 0.6) is 0 Å². The predicted molar refractivity (Wildman–Crippen MR) is 162 cm³/mol. The van der Waals surface area contributed by atoms with Gasteiger partial charge < -0.3 is 25.2 Å². The van der Waals surface area contributed by atoms with Gasteiger partial charge in [0.25, 0.3) is 0 Å². The standard InChI is InChI=1S/C33H44N2O8/c1-20(2)32(40)34-23(5)33(41)43-28-16-11-9-7-8-10-15-26(42-6)19-29(37)35-27-18-25(36)17-24(31(27)39)14-12-13-21(3)30(38)22(28)4/h7-11,13,15,17-18,20,22-23,26,28,30,38H,12,14,16,19H2,1-6H3,(H,34,40)(H,35,37). The average Bonchev–Trinajstić information content (AvgIpc) is 2.95. The number of nitrogens with one attached hydrogen (secondary N) is 2. The lowest BCUT2D eigenvalue weighted by atomic mass is 9.90. The van der Waals surface area contributed by atoms with Gasteiger partial charge in [0.1, 0.15) is 12.1 Å². The first-order valence-corrected chi connectivity index (χ1v) is 14.5. The maximum atomic E-state index is 13.0. The van der Waals surface area contributed by atoms with Crippen LogP contribution in [0.3, 0.4) is 0 Å². The van der Waals surface area contributed by atoms with E-state index in [1.165, 1.54) is 13.2 Å². The normalized spacial score (nSPS) is 25.1. The van der Waals surface area contributed by atoms with E-state index in [4.69, 9.17) is 9.47 Å². The minimum absolute atomic E-state index is 0.0602. The first-order valence-electron chi connectivity index (χ1n) is 14.5. The van der Waals surface area contributed by atoms with Crippen molar-refractivity contribution in [1.29, 1.82) is 0 Å². The fourth-order valence-electron chi connectivity index (χ4n) is 4.41. The predicted octanol–water partition coefficient (Wildman–Crippen LogP) is 3.34. The Hall–Kier alpha value is -3.89. The van der Waals surface area contributed by atoms with Gasteiger partial charge in [0.2, 0.25) is 17.6 Å². The summed E-state index contributed by atoms with van der Waals surface area (Å²) in [6, 6.07) is -0.868. The number of carbonyl (C=O) groups excluding carboxylic acids is 5. The van der Waals surface area contributed by atoms with Gasteiger partial charge in [-0.1, -0.05) is 63.3 Å². The van der Waals surface area contributed by atoms with Crippen molar-refractivity contribution in [2.45, 2.75) is 84.7 Å². The molecular weight excluding hydrogens is 552 g/mol. The summed E-state index contributed by atoms with van der Waals surface area (Å²) in [5.41, 5.74) is 0.780. The summed E-state index contributed by atoms with van der Waals surface area (Å²) in [5, 5.41) is 16.3. The molecule has 0 spiro atoms. The zero-order valence-corrected chi connectivity index (χ0v) is 25.8. The van der Waals surface area contributed by atoms with E-state index in [-0.39, 0.29) is 35.9 Å². The minimum Gasteiger partial charge on any atom is -0.460 e.